The number of carbonyl (C=O) groups excluding carboxylic acids is 1. The zero-order chi connectivity index (χ0) is 14.8. The fraction of sp³-hybridized carbons (Fsp3) is 0.375. The number of hydrogen-bond donors (Lipinski definition) is 2. The van der Waals surface area contributed by atoms with Crippen molar-refractivity contribution in [2.45, 2.75) is 25.8 Å². The summed E-state index contributed by atoms with van der Waals surface area (Å²) in [6.45, 7) is 3.85. The Labute approximate surface area is 156 Å². The van der Waals surface area contributed by atoms with Crippen molar-refractivity contribution in [2.75, 3.05) is 13.1 Å². The lowest BCUT2D eigenvalue weighted by molar-refractivity contribution is 0.0931. The van der Waals surface area contributed by atoms with E-state index in [0.29, 0.717) is 5.56 Å². The Bertz CT molecular complexity index is 690. The molecule has 23 heavy (non-hydrogen) atoms. The number of aromatic nitrogens is 1. The fourth-order valence-electron chi connectivity index (χ4n) is 2.75. The first-order valence-corrected chi connectivity index (χ1v) is 8.01. The van der Waals surface area contributed by atoms with E-state index in [0.717, 1.165) is 47.0 Å². The van der Waals surface area contributed by atoms with Crippen LogP contribution in [0.15, 0.2) is 28.7 Å². The van der Waals surface area contributed by atoms with E-state index in [9.17, 15) is 4.79 Å². The predicted molar refractivity (Wildman–Crippen MR) is 102 cm³/mol. The highest BCUT2D eigenvalue weighted by atomic mass is 79.9. The van der Waals surface area contributed by atoms with Crippen molar-refractivity contribution < 1.29 is 4.79 Å². The number of benzene rings is 1. The summed E-state index contributed by atoms with van der Waals surface area (Å²) >= 11 is 3.46. The van der Waals surface area contributed by atoms with Crippen LogP contribution in [0.1, 0.15) is 28.9 Å². The number of aryl methyl sites for hydroxylation is 1. The van der Waals surface area contributed by atoms with Crippen LogP contribution in [-0.4, -0.2) is 30.0 Å². The molecule has 1 fully saturated rings. The fourth-order valence-corrected chi connectivity index (χ4v) is 3.11. The molecular formula is C16H20BrCl2N3O. The van der Waals surface area contributed by atoms with Crippen LogP contribution in [0.25, 0.3) is 10.9 Å². The third-order valence-electron chi connectivity index (χ3n) is 3.82. The average molecular weight is 421 g/mol. The number of pyridine rings is 1. The Morgan fingerprint density at radius 3 is 2.65 bits per heavy atom. The molecule has 1 aliphatic heterocycles. The zero-order valence-corrected chi connectivity index (χ0v) is 16.0. The zero-order valence-electron chi connectivity index (χ0n) is 12.8. The van der Waals surface area contributed by atoms with Crippen LogP contribution in [0, 0.1) is 6.92 Å². The van der Waals surface area contributed by atoms with Gasteiger partial charge in [-0.15, -0.1) is 24.8 Å². The SMILES string of the molecule is Cc1cc(C(=O)NC2CCNCC2)c2cc(Br)ccc2n1.Cl.Cl. The molecule has 2 N–H and O–H groups in total. The maximum Gasteiger partial charge on any atom is 0.252 e. The lowest BCUT2D eigenvalue weighted by atomic mass is 10.0. The summed E-state index contributed by atoms with van der Waals surface area (Å²) in [5, 5.41) is 7.35. The largest absolute Gasteiger partial charge is 0.349 e. The molecule has 126 valence electrons. The normalized spacial score (nSPS) is 14.7. The van der Waals surface area contributed by atoms with Crippen LogP contribution < -0.4 is 10.6 Å². The van der Waals surface area contributed by atoms with Gasteiger partial charge in [0.1, 0.15) is 0 Å². The van der Waals surface area contributed by atoms with E-state index in [-0.39, 0.29) is 36.8 Å². The lowest BCUT2D eigenvalue weighted by Crippen LogP contribution is -2.42. The maximum absolute atomic E-state index is 12.6. The molecule has 0 unspecified atom stereocenters. The molecule has 7 heteroatoms. The number of amides is 1. The molecule has 2 heterocycles. The second-order valence-electron chi connectivity index (χ2n) is 5.47. The summed E-state index contributed by atoms with van der Waals surface area (Å²) in [7, 11) is 0. The van der Waals surface area contributed by atoms with Crippen molar-refractivity contribution in [2.24, 2.45) is 0 Å². The van der Waals surface area contributed by atoms with Crippen molar-refractivity contribution in [1.29, 1.82) is 0 Å². The molecule has 0 saturated carbocycles. The van der Waals surface area contributed by atoms with Gasteiger partial charge in [-0.05, 0) is 57.1 Å². The Balaban J connectivity index is 0.00000132. The Hall–Kier alpha value is -0.880. The number of fused-ring (bicyclic) bond motifs is 1. The van der Waals surface area contributed by atoms with Crippen LogP contribution >= 0.6 is 40.7 Å². The molecule has 1 saturated heterocycles. The van der Waals surface area contributed by atoms with E-state index < -0.39 is 0 Å². The van der Waals surface area contributed by atoms with Gasteiger partial charge >= 0.3 is 0 Å². The molecule has 3 rings (SSSR count). The molecule has 0 aliphatic carbocycles. The highest BCUT2D eigenvalue weighted by molar-refractivity contribution is 9.10. The summed E-state index contributed by atoms with van der Waals surface area (Å²) in [5.74, 6) is -0.00417. The molecule has 1 aromatic heterocycles. The van der Waals surface area contributed by atoms with Crippen LogP contribution in [0.3, 0.4) is 0 Å². The predicted octanol–water partition coefficient (Wildman–Crippen LogP) is 3.63. The van der Waals surface area contributed by atoms with Gasteiger partial charge in [-0.1, -0.05) is 15.9 Å². The highest BCUT2D eigenvalue weighted by Crippen LogP contribution is 2.23. The van der Waals surface area contributed by atoms with Crippen molar-refractivity contribution >= 4 is 57.6 Å². The van der Waals surface area contributed by atoms with Crippen LogP contribution in [0.2, 0.25) is 0 Å². The van der Waals surface area contributed by atoms with Crippen LogP contribution in [0.4, 0.5) is 0 Å². The molecule has 0 bridgehead atoms. The van der Waals surface area contributed by atoms with E-state index >= 15 is 0 Å². The number of nitrogens with one attached hydrogen (secondary N) is 2. The summed E-state index contributed by atoms with van der Waals surface area (Å²) in [6.07, 6.45) is 1.97. The van der Waals surface area contributed by atoms with E-state index in [2.05, 4.69) is 31.5 Å². The number of rotatable bonds is 2. The molecule has 4 nitrogen and oxygen atoms in total. The van der Waals surface area contributed by atoms with Crippen molar-refractivity contribution in [1.82, 2.24) is 15.6 Å². The minimum Gasteiger partial charge on any atom is -0.349 e. The summed E-state index contributed by atoms with van der Waals surface area (Å²) in [5.41, 5.74) is 2.42. The second kappa shape index (κ2) is 8.83. The number of carbonyl (C=O) groups is 1. The van der Waals surface area contributed by atoms with Crippen LogP contribution in [-0.2, 0) is 0 Å². The van der Waals surface area contributed by atoms with Crippen LogP contribution in [0.5, 0.6) is 0 Å². The molecule has 0 atom stereocenters. The molecule has 1 amide bonds. The monoisotopic (exact) mass is 419 g/mol. The van der Waals surface area contributed by atoms with Gasteiger partial charge in [-0.2, -0.15) is 0 Å². The standard InChI is InChI=1S/C16H18BrN3O.2ClH/c1-10-8-14(13-9-11(17)2-3-15(13)19-10)16(21)20-12-4-6-18-7-5-12;;/h2-3,8-9,12,18H,4-7H2,1H3,(H,20,21);2*1H. The second-order valence-corrected chi connectivity index (χ2v) is 6.39. The topological polar surface area (TPSA) is 54.0 Å². The molecule has 0 radical (unpaired) electrons. The van der Waals surface area contributed by atoms with Gasteiger partial charge in [0.25, 0.3) is 5.91 Å². The quantitative estimate of drug-likeness (QED) is 0.779. The summed E-state index contributed by atoms with van der Waals surface area (Å²) in [4.78, 5) is 17.1. The molecule has 2 aromatic rings. The van der Waals surface area contributed by atoms with Gasteiger partial charge in [0.15, 0.2) is 0 Å². The molecule has 1 aromatic carbocycles. The number of halogens is 3. The summed E-state index contributed by atoms with van der Waals surface area (Å²) < 4.78 is 0.955. The van der Waals surface area contributed by atoms with Gasteiger partial charge in [0.2, 0.25) is 0 Å². The van der Waals surface area contributed by atoms with E-state index in [1.807, 2.05) is 31.2 Å². The number of hydrogen-bond acceptors (Lipinski definition) is 3. The number of nitrogens with zero attached hydrogens (tertiary/aromatic N) is 1. The first-order valence-electron chi connectivity index (χ1n) is 7.22. The van der Waals surface area contributed by atoms with Gasteiger partial charge in [-0.25, -0.2) is 0 Å². The van der Waals surface area contributed by atoms with Crippen molar-refractivity contribution in [3.8, 4) is 0 Å². The van der Waals surface area contributed by atoms with E-state index in [4.69, 9.17) is 0 Å². The van der Waals surface area contributed by atoms with E-state index in [1.165, 1.54) is 0 Å². The summed E-state index contributed by atoms with van der Waals surface area (Å²) in [6, 6.07) is 7.97. The van der Waals surface area contributed by atoms with E-state index in [1.54, 1.807) is 0 Å². The molecular weight excluding hydrogens is 401 g/mol. The number of piperidine rings is 1. The molecule has 0 spiro atoms. The Morgan fingerprint density at radius 2 is 1.96 bits per heavy atom. The average Bonchev–Trinajstić information content (AvgIpc) is 2.48. The van der Waals surface area contributed by atoms with Gasteiger partial charge in [0.05, 0.1) is 11.1 Å². The first-order chi connectivity index (χ1) is 10.1. The minimum absolute atomic E-state index is 0. The highest BCUT2D eigenvalue weighted by Gasteiger charge is 2.18. The maximum atomic E-state index is 12.6. The van der Waals surface area contributed by atoms with Gasteiger partial charge in [-0.3, -0.25) is 9.78 Å². The Kier molecular flexibility index (Phi) is 7.74. The third-order valence-corrected chi connectivity index (χ3v) is 4.31. The lowest BCUT2D eigenvalue weighted by Gasteiger charge is -2.24. The molecule has 1 aliphatic rings. The smallest absolute Gasteiger partial charge is 0.252 e. The third kappa shape index (κ3) is 4.80. The van der Waals surface area contributed by atoms with Gasteiger partial charge in [0, 0.05) is 21.6 Å². The Morgan fingerprint density at radius 1 is 1.26 bits per heavy atom. The van der Waals surface area contributed by atoms with Crippen molar-refractivity contribution in [3.05, 3.63) is 40.0 Å². The first kappa shape index (κ1) is 20.2. The van der Waals surface area contributed by atoms with Crippen molar-refractivity contribution in [3.63, 3.8) is 0 Å². The minimum atomic E-state index is -0.00417. The van der Waals surface area contributed by atoms with Gasteiger partial charge < -0.3 is 10.6 Å².